The van der Waals surface area contributed by atoms with E-state index >= 15 is 0 Å². The van der Waals surface area contributed by atoms with Crippen molar-refractivity contribution < 1.29 is 76.6 Å². The molecule has 2 saturated heterocycles. The molecule has 132 heavy (non-hydrogen) atoms. The number of fused-ring (bicyclic) bond motifs is 6. The number of carbonyl (C=O) groups excluding carboxylic acids is 6. The summed E-state index contributed by atoms with van der Waals surface area (Å²) in [5.41, 5.74) is 13.7. The molecular formula is C85H118Br5ClN22O16Si3. The maximum atomic E-state index is 12.6. The summed E-state index contributed by atoms with van der Waals surface area (Å²) >= 11 is 21.3. The molecule has 14 heterocycles. The second-order valence-electron chi connectivity index (χ2n) is 35.3. The van der Waals surface area contributed by atoms with E-state index in [1.54, 1.807) is 90.9 Å². The first kappa shape index (κ1) is 110. The van der Waals surface area contributed by atoms with Crippen LogP contribution in [-0.2, 0) is 51.4 Å². The smallest absolute Gasteiger partial charge is 0.410 e. The monoisotopic (exact) mass is 2220 g/mol. The number of aromatic nitrogens is 18. The largest absolute Gasteiger partial charge is 0.478 e. The molecule has 0 bridgehead atoms. The normalized spacial score (nSPS) is 13.1. The predicted octanol–water partition coefficient (Wildman–Crippen LogP) is 18.9. The molecule has 0 aliphatic carbocycles. The van der Waals surface area contributed by atoms with Crippen LogP contribution in [0.1, 0.15) is 140 Å². The number of aromatic carboxylic acids is 1. The fourth-order valence-corrected chi connectivity index (χ4v) is 15.6. The van der Waals surface area contributed by atoms with E-state index in [2.05, 4.69) is 219 Å². The van der Waals surface area contributed by atoms with Crippen LogP contribution in [0.2, 0.25) is 77.1 Å². The SMILES string of the molecule is Brc1cnc2[nH]ccc2n1.CC(C)(C)OC(=O)N1CCC(N)CC1.CCOC(=O)c1c[nH]c2ncc(Br)nc12.CCOC(=O)c1cn(COCC[Si](C)(C)C)c2ncc(Br)nc12.CCOC(=O)c1cn(COCC[Si](C)(C)C)c2ncc(NC3CCN(C(=O)OC(C)(C)C)CC3)nc12.C[Si](C)(C)CCOCCl.O=C(O)c1c[nH]c2ncc(Br)nc12.O=Cc1c[nH]c2ncc(Br)nc12. The molecule has 2 aliphatic heterocycles. The highest BCUT2D eigenvalue weighted by molar-refractivity contribution is 9.11. The van der Waals surface area contributed by atoms with Crippen molar-refractivity contribution in [1.29, 1.82) is 0 Å². The van der Waals surface area contributed by atoms with Crippen LogP contribution in [0.15, 0.2) is 103 Å². The van der Waals surface area contributed by atoms with Gasteiger partial charge in [-0.1, -0.05) is 70.5 Å². The highest BCUT2D eigenvalue weighted by Gasteiger charge is 2.30. The van der Waals surface area contributed by atoms with E-state index in [4.69, 9.17) is 65.3 Å². The standard InChI is InChI=1S/C25H41N5O5Si.C15H22BrN3O3Si.C10H20N2O2.C9H8BrN3O2.C7H4BrN3O2.C7H4BrN3O.C6H4BrN3.C6H15ClOSi/c1-8-34-23(31)19-16-30(17-33-13-14-36(5,6)7)22-21(19)28-20(15-26-22)27-18-9-11-29(12-10-18)24(32)35-25(2,3)4;1-5-22-15(20)11-9-19(10-21-6-7-23(2,3)4)14-13(11)18-12(16)8-17-14;1-10(2,3)14-9(13)12-6-4-8(11)5-7-12;1-2-15-9(14)5-3-11-8-7(5)13-6(10)4-12-8;8-4-2-10-6-5(11-4)3(1-9-6)7(12)13;8-5-2-10-7-6(11-5)4(3-12)1-9-7;7-5-3-9-6-4(10-5)1-2-8-6;1-9(2,3)5-4-8-6-7/h15-16,18H,8-14,17H2,1-7H3,(H,27,28);8-9H,5-7,10H2,1-4H3;8H,4-7,11H2,1-3H3;3-4H,2H2,1H3,(H,11,12);1-2H,(H,9,10)(H,12,13);1-3H,(H,9,10);1-3H,(H,8,9);4-6H2,1-3H3. The number of nitrogens with one attached hydrogen (secondary N) is 5. The Morgan fingerprint density at radius 3 is 1.32 bits per heavy atom. The lowest BCUT2D eigenvalue weighted by Gasteiger charge is -2.33. The number of carbonyl (C=O) groups is 7. The number of likely N-dealkylation sites (tertiary alicyclic amines) is 2. The number of anilines is 1. The summed E-state index contributed by atoms with van der Waals surface area (Å²) in [6, 6.07) is 5.96. The molecule has 12 aromatic heterocycles. The zero-order chi connectivity index (χ0) is 97.4. The maximum absolute atomic E-state index is 12.6. The van der Waals surface area contributed by atoms with E-state index in [9.17, 15) is 33.6 Å². The van der Waals surface area contributed by atoms with E-state index in [1.807, 2.05) is 58.4 Å². The van der Waals surface area contributed by atoms with Gasteiger partial charge in [0.2, 0.25) is 0 Å². The molecular weight excluding hydrogens is 2100 g/mol. The molecule has 2 aliphatic rings. The van der Waals surface area contributed by atoms with Gasteiger partial charge in [-0.15, -0.1) is 0 Å². The van der Waals surface area contributed by atoms with Crippen molar-refractivity contribution in [3.63, 3.8) is 0 Å². The number of aldehydes is 1. The third-order valence-electron chi connectivity index (χ3n) is 18.5. The minimum absolute atomic E-state index is 0.129. The molecule has 2 fully saturated rings. The van der Waals surface area contributed by atoms with E-state index < -0.39 is 59.3 Å². The Morgan fingerprint density at radius 2 is 0.879 bits per heavy atom. The summed E-state index contributed by atoms with van der Waals surface area (Å²) in [5, 5.41) is 12.2. The number of amides is 2. The topological polar surface area (TPSA) is 486 Å². The summed E-state index contributed by atoms with van der Waals surface area (Å²) in [6.45, 7) is 43.8. The van der Waals surface area contributed by atoms with Gasteiger partial charge in [-0.2, -0.15) is 0 Å². The first-order chi connectivity index (χ1) is 62.2. The third kappa shape index (κ3) is 36.9. The summed E-state index contributed by atoms with van der Waals surface area (Å²) in [4.78, 5) is 147. The lowest BCUT2D eigenvalue weighted by Crippen LogP contribution is -2.44. The number of hydrogen-bond donors (Lipinski definition) is 7. The third-order valence-corrected chi connectivity index (χ3v) is 25.7. The second-order valence-corrected chi connectivity index (χ2v) is 56.5. The van der Waals surface area contributed by atoms with E-state index in [-0.39, 0.29) is 36.4 Å². The molecule has 12 aromatic rings. The van der Waals surface area contributed by atoms with Crippen molar-refractivity contribution >= 4 is 231 Å². The number of ether oxygens (including phenoxy) is 8. The molecule has 0 saturated carbocycles. The number of H-pyrrole nitrogens is 4. The van der Waals surface area contributed by atoms with E-state index in [0.717, 1.165) is 79.5 Å². The molecule has 8 N–H and O–H groups in total. The van der Waals surface area contributed by atoms with Gasteiger partial charge in [-0.3, -0.25) is 4.79 Å². The summed E-state index contributed by atoms with van der Waals surface area (Å²) in [6.07, 6.45) is 22.8. The van der Waals surface area contributed by atoms with Crippen molar-refractivity contribution in [3.8, 4) is 0 Å². The average Bonchev–Trinajstić information content (AvgIpc) is 1.64. The molecule has 718 valence electrons. The molecule has 47 heteroatoms. The van der Waals surface area contributed by atoms with Crippen LogP contribution >= 0.6 is 91.3 Å². The van der Waals surface area contributed by atoms with Gasteiger partial charge < -0.3 is 92.9 Å². The first-order valence-electron chi connectivity index (χ1n) is 42.5. The Morgan fingerprint density at radius 1 is 0.500 bits per heavy atom. The van der Waals surface area contributed by atoms with Gasteiger partial charge in [0.05, 0.1) is 62.6 Å². The Kier molecular flexibility index (Phi) is 43.3. The Balaban J connectivity index is 0.000000216. The van der Waals surface area contributed by atoms with Crippen LogP contribution in [0.4, 0.5) is 15.4 Å². The highest BCUT2D eigenvalue weighted by atomic mass is 79.9. The maximum Gasteiger partial charge on any atom is 0.410 e. The van der Waals surface area contributed by atoms with Gasteiger partial charge in [0.1, 0.15) is 115 Å². The number of nitrogens with two attached hydrogens (primary N) is 1. The number of halogens is 6. The van der Waals surface area contributed by atoms with Crippen molar-refractivity contribution in [2.75, 3.05) is 77.2 Å². The minimum atomic E-state index is -1.20. The van der Waals surface area contributed by atoms with Gasteiger partial charge in [-0.05, 0) is 192 Å². The molecule has 0 atom stereocenters. The molecule has 14 rings (SSSR count). The number of carboxylic acids is 1. The van der Waals surface area contributed by atoms with Crippen LogP contribution in [0.3, 0.4) is 0 Å². The van der Waals surface area contributed by atoms with Gasteiger partial charge in [0.15, 0.2) is 40.2 Å². The number of nitrogens with zero attached hydrogens (tertiary/aromatic N) is 16. The van der Waals surface area contributed by atoms with Crippen molar-refractivity contribution in [1.82, 2.24) is 98.7 Å². The summed E-state index contributed by atoms with van der Waals surface area (Å²) < 4.78 is 49.3. The van der Waals surface area contributed by atoms with Crippen LogP contribution in [0, 0.1) is 0 Å². The fourth-order valence-electron chi connectivity index (χ4n) is 11.8. The number of aromatic amines is 4. The Hall–Kier alpha value is -9.21. The molecule has 0 spiro atoms. The summed E-state index contributed by atoms with van der Waals surface area (Å²) in [5.74, 6) is -1.65. The summed E-state index contributed by atoms with van der Waals surface area (Å²) in [7, 11) is -3.20. The molecule has 2 amide bonds. The molecule has 0 radical (unpaired) electrons. The predicted molar refractivity (Wildman–Crippen MR) is 532 cm³/mol. The van der Waals surface area contributed by atoms with Gasteiger partial charge >= 0.3 is 36.1 Å². The number of alkyl halides is 1. The first-order valence-corrected chi connectivity index (χ1v) is 58.1. The average molecular weight is 2220 g/mol. The lowest BCUT2D eigenvalue weighted by molar-refractivity contribution is 0.0197. The van der Waals surface area contributed by atoms with Crippen LogP contribution in [0.25, 0.3) is 67.0 Å². The molecule has 38 nitrogen and oxygen atoms in total. The Labute approximate surface area is 815 Å². The van der Waals surface area contributed by atoms with Crippen molar-refractivity contribution in [2.45, 2.75) is 202 Å². The van der Waals surface area contributed by atoms with E-state index in [0.29, 0.717) is 161 Å². The highest BCUT2D eigenvalue weighted by Crippen LogP contribution is 2.28. The number of hydrogen-bond acceptors (Lipinski definition) is 29. The quantitative estimate of drug-likeness (QED) is 0.00737. The lowest BCUT2D eigenvalue weighted by atomic mass is 10.1. The van der Waals surface area contributed by atoms with Crippen molar-refractivity contribution in [2.24, 2.45) is 5.73 Å². The minimum Gasteiger partial charge on any atom is -0.478 e. The van der Waals surface area contributed by atoms with Gasteiger partial charge in [-0.25, -0.2) is 88.6 Å². The van der Waals surface area contributed by atoms with Crippen LogP contribution < -0.4 is 11.1 Å². The number of piperidine rings is 2. The Bertz CT molecular complexity index is 5780. The van der Waals surface area contributed by atoms with Crippen molar-refractivity contribution in [3.05, 3.63) is 131 Å². The zero-order valence-electron chi connectivity index (χ0n) is 77.5. The fraction of sp³-hybridized carbons (Fsp3) is 0.494. The second kappa shape index (κ2) is 52.0. The van der Waals surface area contributed by atoms with E-state index in [1.165, 1.54) is 18.4 Å². The number of carboxylic acid groups (broad SMARTS) is 1. The molecule has 0 unspecified atom stereocenters. The van der Waals surface area contributed by atoms with Gasteiger partial charge in [0.25, 0.3) is 0 Å². The van der Waals surface area contributed by atoms with Crippen LogP contribution in [-0.4, -0.2) is 266 Å². The van der Waals surface area contributed by atoms with Crippen LogP contribution in [0.5, 0.6) is 0 Å². The van der Waals surface area contributed by atoms with Gasteiger partial charge in [0, 0.05) is 119 Å². The number of esters is 3. The zero-order valence-corrected chi connectivity index (χ0v) is 89.1. The molecule has 0 aromatic carbocycles. The number of rotatable bonds is 24.